The number of nitrogens with zero attached hydrogens (tertiary/aromatic N) is 1. The van der Waals surface area contributed by atoms with E-state index in [0.29, 0.717) is 18.0 Å². The summed E-state index contributed by atoms with van der Waals surface area (Å²) in [6, 6.07) is 11.4. The van der Waals surface area contributed by atoms with Crippen LogP contribution in [0.2, 0.25) is 0 Å². The second-order valence-electron chi connectivity index (χ2n) is 5.91. The van der Waals surface area contributed by atoms with Crippen molar-refractivity contribution < 1.29 is 23.5 Å². The predicted molar refractivity (Wildman–Crippen MR) is 93.3 cm³/mol. The topological polar surface area (TPSA) is 67.9 Å². The van der Waals surface area contributed by atoms with Crippen LogP contribution < -0.4 is 14.8 Å². The number of carbonyl (C=O) groups is 2. The molecule has 0 aromatic heterocycles. The Morgan fingerprint density at radius 2 is 1.92 bits per heavy atom. The lowest BCUT2D eigenvalue weighted by atomic mass is 10.2. The zero-order valence-corrected chi connectivity index (χ0v) is 14.3. The average Bonchev–Trinajstić information content (AvgIpc) is 3.08. The molecule has 1 aliphatic heterocycles. The van der Waals surface area contributed by atoms with Gasteiger partial charge in [-0.3, -0.25) is 9.59 Å². The summed E-state index contributed by atoms with van der Waals surface area (Å²) in [6.45, 7) is 2.20. The van der Waals surface area contributed by atoms with Gasteiger partial charge in [-0.25, -0.2) is 4.39 Å². The summed E-state index contributed by atoms with van der Waals surface area (Å²) in [7, 11) is 0. The SMILES string of the molecule is CC(=O)N(CCC(=O)Nc1ccccc1F)Cc1ccc2c(c1)OCO2. The van der Waals surface area contributed by atoms with Crippen LogP contribution >= 0.6 is 0 Å². The molecule has 7 heteroatoms. The third-order valence-corrected chi connectivity index (χ3v) is 4.01. The van der Waals surface area contributed by atoms with Crippen molar-refractivity contribution in [2.75, 3.05) is 18.7 Å². The lowest BCUT2D eigenvalue weighted by molar-refractivity contribution is -0.129. The summed E-state index contributed by atoms with van der Waals surface area (Å²) in [5.41, 5.74) is 1.00. The quantitative estimate of drug-likeness (QED) is 0.862. The van der Waals surface area contributed by atoms with Crippen LogP contribution in [0.5, 0.6) is 11.5 Å². The number of carbonyl (C=O) groups excluding carboxylic acids is 2. The highest BCUT2D eigenvalue weighted by atomic mass is 19.1. The zero-order chi connectivity index (χ0) is 18.5. The molecule has 2 amide bonds. The monoisotopic (exact) mass is 358 g/mol. The number of fused-ring (bicyclic) bond motifs is 1. The zero-order valence-electron chi connectivity index (χ0n) is 14.3. The normalized spacial score (nSPS) is 11.9. The van der Waals surface area contributed by atoms with E-state index in [1.165, 1.54) is 19.1 Å². The lowest BCUT2D eigenvalue weighted by Gasteiger charge is -2.21. The third-order valence-electron chi connectivity index (χ3n) is 4.01. The smallest absolute Gasteiger partial charge is 0.231 e. The molecule has 0 saturated heterocycles. The maximum absolute atomic E-state index is 13.6. The number of hydrogen-bond acceptors (Lipinski definition) is 4. The van der Waals surface area contributed by atoms with Crippen molar-refractivity contribution in [2.24, 2.45) is 0 Å². The molecule has 3 rings (SSSR count). The second-order valence-corrected chi connectivity index (χ2v) is 5.91. The average molecular weight is 358 g/mol. The summed E-state index contributed by atoms with van der Waals surface area (Å²) in [6.07, 6.45) is 0.0679. The standard InChI is InChI=1S/C19H19FN2O4/c1-13(23)22(11-14-6-7-17-18(10-14)26-12-25-17)9-8-19(24)21-16-5-3-2-4-15(16)20/h2-7,10H,8-9,11-12H2,1H3,(H,21,24). The fourth-order valence-corrected chi connectivity index (χ4v) is 2.62. The molecule has 0 radical (unpaired) electrons. The largest absolute Gasteiger partial charge is 0.454 e. The molecule has 26 heavy (non-hydrogen) atoms. The van der Waals surface area contributed by atoms with Crippen LogP contribution in [0, 0.1) is 5.82 Å². The van der Waals surface area contributed by atoms with Crippen LogP contribution in [0.1, 0.15) is 18.9 Å². The highest BCUT2D eigenvalue weighted by Gasteiger charge is 2.17. The van der Waals surface area contributed by atoms with Gasteiger partial charge in [0, 0.05) is 26.4 Å². The van der Waals surface area contributed by atoms with E-state index in [9.17, 15) is 14.0 Å². The maximum atomic E-state index is 13.6. The minimum Gasteiger partial charge on any atom is -0.454 e. The highest BCUT2D eigenvalue weighted by molar-refractivity contribution is 5.91. The predicted octanol–water partition coefficient (Wildman–Crippen LogP) is 2.93. The molecule has 0 spiro atoms. The van der Waals surface area contributed by atoms with Gasteiger partial charge in [0.2, 0.25) is 18.6 Å². The van der Waals surface area contributed by atoms with E-state index >= 15 is 0 Å². The number of amides is 2. The van der Waals surface area contributed by atoms with Crippen LogP contribution in [0.25, 0.3) is 0 Å². The Hall–Kier alpha value is -3.09. The number of halogens is 1. The van der Waals surface area contributed by atoms with Crippen molar-refractivity contribution in [1.29, 1.82) is 0 Å². The van der Waals surface area contributed by atoms with Crippen molar-refractivity contribution in [3.63, 3.8) is 0 Å². The van der Waals surface area contributed by atoms with E-state index in [1.807, 2.05) is 12.1 Å². The van der Waals surface area contributed by atoms with Gasteiger partial charge < -0.3 is 19.7 Å². The third kappa shape index (κ3) is 4.30. The highest BCUT2D eigenvalue weighted by Crippen LogP contribution is 2.32. The number of benzene rings is 2. The summed E-state index contributed by atoms with van der Waals surface area (Å²) in [5.74, 6) is 0.314. The number of hydrogen-bond donors (Lipinski definition) is 1. The van der Waals surface area contributed by atoms with Crippen LogP contribution in [0.4, 0.5) is 10.1 Å². The Morgan fingerprint density at radius 1 is 1.15 bits per heavy atom. The van der Waals surface area contributed by atoms with Gasteiger partial charge in [-0.1, -0.05) is 18.2 Å². The first kappa shape index (κ1) is 17.7. The molecule has 0 bridgehead atoms. The van der Waals surface area contributed by atoms with Crippen molar-refractivity contribution in [1.82, 2.24) is 4.90 Å². The van der Waals surface area contributed by atoms with Crippen LogP contribution in [-0.4, -0.2) is 30.1 Å². The second kappa shape index (κ2) is 7.86. The van der Waals surface area contributed by atoms with E-state index in [0.717, 1.165) is 5.56 Å². The van der Waals surface area contributed by atoms with E-state index in [-0.39, 0.29) is 37.3 Å². The maximum Gasteiger partial charge on any atom is 0.231 e. The van der Waals surface area contributed by atoms with Crippen molar-refractivity contribution in [3.8, 4) is 11.5 Å². The number of anilines is 1. The first-order valence-corrected chi connectivity index (χ1v) is 8.21. The minimum absolute atomic E-state index is 0.0679. The van der Waals surface area contributed by atoms with Crippen LogP contribution in [0.15, 0.2) is 42.5 Å². The van der Waals surface area contributed by atoms with Gasteiger partial charge in [0.25, 0.3) is 0 Å². The summed E-state index contributed by atoms with van der Waals surface area (Å²) < 4.78 is 24.2. The number of rotatable bonds is 6. The van der Waals surface area contributed by atoms with E-state index in [2.05, 4.69) is 5.32 Å². The number of para-hydroxylation sites is 1. The molecular formula is C19H19FN2O4. The molecule has 2 aromatic rings. The van der Waals surface area contributed by atoms with Crippen molar-refractivity contribution in [2.45, 2.75) is 19.9 Å². The minimum atomic E-state index is -0.496. The lowest BCUT2D eigenvalue weighted by Crippen LogP contribution is -2.31. The van der Waals surface area contributed by atoms with Gasteiger partial charge in [0.1, 0.15) is 5.82 Å². The van der Waals surface area contributed by atoms with Crippen molar-refractivity contribution >= 4 is 17.5 Å². The Labute approximate surface area is 150 Å². The molecule has 1 N–H and O–H groups in total. The molecule has 1 aliphatic rings. The molecule has 0 atom stereocenters. The van der Waals surface area contributed by atoms with Crippen LogP contribution in [-0.2, 0) is 16.1 Å². The fraction of sp³-hybridized carbons (Fsp3) is 0.263. The van der Waals surface area contributed by atoms with Crippen molar-refractivity contribution in [3.05, 3.63) is 53.8 Å². The van der Waals surface area contributed by atoms with Gasteiger partial charge in [0.05, 0.1) is 5.69 Å². The molecule has 6 nitrogen and oxygen atoms in total. The first-order chi connectivity index (χ1) is 12.5. The van der Waals surface area contributed by atoms with E-state index in [1.54, 1.807) is 23.1 Å². The Bertz CT molecular complexity index is 825. The molecule has 0 unspecified atom stereocenters. The Morgan fingerprint density at radius 3 is 2.69 bits per heavy atom. The molecule has 0 aliphatic carbocycles. The molecular weight excluding hydrogens is 339 g/mol. The molecule has 136 valence electrons. The van der Waals surface area contributed by atoms with E-state index < -0.39 is 5.82 Å². The van der Waals surface area contributed by atoms with E-state index in [4.69, 9.17) is 9.47 Å². The Kier molecular flexibility index (Phi) is 5.36. The Balaban J connectivity index is 1.58. The number of nitrogens with one attached hydrogen (secondary N) is 1. The first-order valence-electron chi connectivity index (χ1n) is 8.21. The van der Waals surface area contributed by atoms with Gasteiger partial charge in [0.15, 0.2) is 11.5 Å². The summed E-state index contributed by atoms with van der Waals surface area (Å²) >= 11 is 0. The van der Waals surface area contributed by atoms with Gasteiger partial charge in [-0.2, -0.15) is 0 Å². The van der Waals surface area contributed by atoms with Gasteiger partial charge in [-0.15, -0.1) is 0 Å². The summed E-state index contributed by atoms with van der Waals surface area (Å²) in [4.78, 5) is 25.5. The molecule has 0 saturated carbocycles. The molecule has 0 fully saturated rings. The fourth-order valence-electron chi connectivity index (χ4n) is 2.62. The molecule has 1 heterocycles. The van der Waals surface area contributed by atoms with Gasteiger partial charge >= 0.3 is 0 Å². The molecule has 2 aromatic carbocycles. The summed E-state index contributed by atoms with van der Waals surface area (Å²) in [5, 5.41) is 2.51. The van der Waals surface area contributed by atoms with Crippen LogP contribution in [0.3, 0.4) is 0 Å². The van der Waals surface area contributed by atoms with Gasteiger partial charge in [-0.05, 0) is 29.8 Å². The number of ether oxygens (including phenoxy) is 2.